The Labute approximate surface area is 105 Å². The summed E-state index contributed by atoms with van der Waals surface area (Å²) in [5, 5.41) is 1.88. The van der Waals surface area contributed by atoms with Crippen LogP contribution in [0.2, 0.25) is 0 Å². The number of hydrogen-bond donors (Lipinski definition) is 1. The van der Waals surface area contributed by atoms with Crippen molar-refractivity contribution in [3.05, 3.63) is 17.5 Å². The van der Waals surface area contributed by atoms with Crippen LogP contribution in [0, 0.1) is 5.92 Å². The van der Waals surface area contributed by atoms with E-state index in [1.165, 1.54) is 11.3 Å². The molecule has 1 N–H and O–H groups in total. The number of rotatable bonds is 4. The van der Waals surface area contributed by atoms with Crippen LogP contribution in [0.1, 0.15) is 19.3 Å². The lowest BCUT2D eigenvalue weighted by molar-refractivity contribution is 0.524. The SMILES string of the molecule is O=S(=O)(NCC1CCCC1Cl)c1cccs1. The van der Waals surface area contributed by atoms with E-state index in [1.807, 2.05) is 0 Å². The fourth-order valence-corrected chi connectivity index (χ4v) is 4.43. The molecule has 0 amide bonds. The van der Waals surface area contributed by atoms with Gasteiger partial charge in [0.25, 0.3) is 0 Å². The summed E-state index contributed by atoms with van der Waals surface area (Å²) in [6.45, 7) is 0.453. The topological polar surface area (TPSA) is 46.2 Å². The lowest BCUT2D eigenvalue weighted by atomic mass is 10.1. The Morgan fingerprint density at radius 1 is 1.50 bits per heavy atom. The number of nitrogens with one attached hydrogen (secondary N) is 1. The molecule has 0 bridgehead atoms. The van der Waals surface area contributed by atoms with E-state index in [2.05, 4.69) is 4.72 Å². The summed E-state index contributed by atoms with van der Waals surface area (Å²) >= 11 is 7.33. The number of sulfonamides is 1. The Hall–Kier alpha value is -0.100. The summed E-state index contributed by atoms with van der Waals surface area (Å²) in [4.78, 5) is 0. The first-order valence-corrected chi connectivity index (χ1v) is 8.07. The summed E-state index contributed by atoms with van der Waals surface area (Å²) < 4.78 is 26.6. The number of alkyl halides is 1. The molecule has 6 heteroatoms. The van der Waals surface area contributed by atoms with Gasteiger partial charge in [0.15, 0.2) is 0 Å². The Morgan fingerprint density at radius 3 is 2.88 bits per heavy atom. The van der Waals surface area contributed by atoms with E-state index in [-0.39, 0.29) is 11.3 Å². The maximum atomic E-state index is 11.8. The van der Waals surface area contributed by atoms with Gasteiger partial charge in [-0.05, 0) is 30.2 Å². The molecule has 90 valence electrons. The van der Waals surface area contributed by atoms with E-state index in [9.17, 15) is 8.42 Å². The largest absolute Gasteiger partial charge is 0.250 e. The maximum Gasteiger partial charge on any atom is 0.250 e. The molecule has 1 aromatic heterocycles. The van der Waals surface area contributed by atoms with Crippen molar-refractivity contribution in [1.29, 1.82) is 0 Å². The number of hydrogen-bond acceptors (Lipinski definition) is 3. The van der Waals surface area contributed by atoms with Crippen molar-refractivity contribution in [2.24, 2.45) is 5.92 Å². The summed E-state index contributed by atoms with van der Waals surface area (Å²) in [6, 6.07) is 3.35. The molecular weight excluding hydrogens is 266 g/mol. The van der Waals surface area contributed by atoms with Gasteiger partial charge in [-0.1, -0.05) is 12.5 Å². The van der Waals surface area contributed by atoms with Crippen LogP contribution in [-0.2, 0) is 10.0 Å². The van der Waals surface area contributed by atoms with Gasteiger partial charge in [-0.15, -0.1) is 22.9 Å². The number of halogens is 1. The summed E-state index contributed by atoms with van der Waals surface area (Å²) in [6.07, 6.45) is 3.10. The first kappa shape index (κ1) is 12.4. The highest BCUT2D eigenvalue weighted by Crippen LogP contribution is 2.29. The van der Waals surface area contributed by atoms with Crippen molar-refractivity contribution in [2.45, 2.75) is 28.8 Å². The predicted octanol–water partition coefficient (Wildman–Crippen LogP) is 2.43. The normalized spacial score (nSPS) is 26.1. The van der Waals surface area contributed by atoms with Gasteiger partial charge in [0.1, 0.15) is 4.21 Å². The van der Waals surface area contributed by atoms with Crippen LogP contribution >= 0.6 is 22.9 Å². The first-order chi connectivity index (χ1) is 7.59. The minimum absolute atomic E-state index is 0.117. The van der Waals surface area contributed by atoms with Crippen molar-refractivity contribution in [3.63, 3.8) is 0 Å². The van der Waals surface area contributed by atoms with Crippen molar-refractivity contribution in [1.82, 2.24) is 4.72 Å². The Balaban J connectivity index is 1.95. The van der Waals surface area contributed by atoms with Gasteiger partial charge in [0.2, 0.25) is 10.0 Å². The van der Waals surface area contributed by atoms with Crippen LogP contribution in [0.3, 0.4) is 0 Å². The molecule has 1 aliphatic rings. The molecule has 0 aromatic carbocycles. The monoisotopic (exact) mass is 279 g/mol. The second-order valence-electron chi connectivity index (χ2n) is 3.99. The van der Waals surface area contributed by atoms with Gasteiger partial charge in [-0.25, -0.2) is 13.1 Å². The maximum absolute atomic E-state index is 11.8. The highest BCUT2D eigenvalue weighted by Gasteiger charge is 2.27. The van der Waals surface area contributed by atoms with E-state index in [4.69, 9.17) is 11.6 Å². The fourth-order valence-electron chi connectivity index (χ4n) is 1.93. The van der Waals surface area contributed by atoms with Crippen molar-refractivity contribution in [3.8, 4) is 0 Å². The zero-order chi connectivity index (χ0) is 11.6. The molecule has 2 atom stereocenters. The molecule has 1 heterocycles. The minimum atomic E-state index is -3.32. The summed E-state index contributed by atoms with van der Waals surface area (Å²) in [5.74, 6) is 0.274. The molecule has 0 radical (unpaired) electrons. The molecule has 1 saturated carbocycles. The molecule has 0 saturated heterocycles. The third-order valence-corrected chi connectivity index (χ3v) is 6.26. The van der Waals surface area contributed by atoms with Crippen LogP contribution in [0.25, 0.3) is 0 Å². The average Bonchev–Trinajstić information content (AvgIpc) is 2.85. The quantitative estimate of drug-likeness (QED) is 0.861. The fraction of sp³-hybridized carbons (Fsp3) is 0.600. The van der Waals surface area contributed by atoms with Crippen LogP contribution in [-0.4, -0.2) is 20.3 Å². The highest BCUT2D eigenvalue weighted by atomic mass is 35.5. The van der Waals surface area contributed by atoms with Crippen LogP contribution in [0.4, 0.5) is 0 Å². The molecule has 0 aliphatic heterocycles. The second-order valence-corrected chi connectivity index (χ2v) is 7.49. The molecule has 1 fully saturated rings. The second kappa shape index (κ2) is 5.04. The third kappa shape index (κ3) is 2.77. The third-order valence-electron chi connectivity index (χ3n) is 2.86. The molecule has 0 spiro atoms. The average molecular weight is 280 g/mol. The lowest BCUT2D eigenvalue weighted by Gasteiger charge is -2.13. The van der Waals surface area contributed by atoms with Gasteiger partial charge in [0, 0.05) is 11.9 Å². The van der Waals surface area contributed by atoms with Gasteiger partial charge in [-0.3, -0.25) is 0 Å². The standard InChI is InChI=1S/C10H14ClNO2S2/c11-9-4-1-3-8(9)7-12-16(13,14)10-5-2-6-15-10/h2,5-6,8-9,12H,1,3-4,7H2. The summed E-state index contributed by atoms with van der Waals surface area (Å²) in [5.41, 5.74) is 0. The summed E-state index contributed by atoms with van der Waals surface area (Å²) in [7, 11) is -3.32. The molecule has 2 unspecified atom stereocenters. The lowest BCUT2D eigenvalue weighted by Crippen LogP contribution is -2.30. The van der Waals surface area contributed by atoms with E-state index in [0.717, 1.165) is 19.3 Å². The first-order valence-electron chi connectivity index (χ1n) is 5.27. The van der Waals surface area contributed by atoms with Gasteiger partial charge in [0.05, 0.1) is 0 Å². The molecule has 2 rings (SSSR count). The highest BCUT2D eigenvalue weighted by molar-refractivity contribution is 7.91. The molecule has 1 aromatic rings. The predicted molar refractivity (Wildman–Crippen MR) is 66.5 cm³/mol. The number of thiophene rings is 1. The van der Waals surface area contributed by atoms with Gasteiger partial charge >= 0.3 is 0 Å². The van der Waals surface area contributed by atoms with E-state index >= 15 is 0 Å². The van der Waals surface area contributed by atoms with Crippen molar-refractivity contribution in [2.75, 3.05) is 6.54 Å². The van der Waals surface area contributed by atoms with E-state index in [1.54, 1.807) is 17.5 Å². The minimum Gasteiger partial charge on any atom is -0.210 e. The molecular formula is C10H14ClNO2S2. The van der Waals surface area contributed by atoms with Gasteiger partial charge in [-0.2, -0.15) is 0 Å². The molecule has 1 aliphatic carbocycles. The molecule has 3 nitrogen and oxygen atoms in total. The zero-order valence-electron chi connectivity index (χ0n) is 8.73. The van der Waals surface area contributed by atoms with Crippen molar-refractivity contribution < 1.29 is 8.42 Å². The smallest absolute Gasteiger partial charge is 0.210 e. The van der Waals surface area contributed by atoms with E-state index < -0.39 is 10.0 Å². The Kier molecular flexibility index (Phi) is 3.89. The van der Waals surface area contributed by atoms with Crippen molar-refractivity contribution >= 4 is 33.0 Å². The van der Waals surface area contributed by atoms with Crippen LogP contribution in [0.5, 0.6) is 0 Å². The van der Waals surface area contributed by atoms with Crippen LogP contribution in [0.15, 0.2) is 21.7 Å². The van der Waals surface area contributed by atoms with Crippen LogP contribution < -0.4 is 4.72 Å². The van der Waals surface area contributed by atoms with E-state index in [0.29, 0.717) is 10.8 Å². The zero-order valence-corrected chi connectivity index (χ0v) is 11.1. The Morgan fingerprint density at radius 2 is 2.31 bits per heavy atom. The van der Waals surface area contributed by atoms with Gasteiger partial charge < -0.3 is 0 Å². The molecule has 16 heavy (non-hydrogen) atoms. The Bertz CT molecular complexity index is 430.